The lowest BCUT2D eigenvalue weighted by Gasteiger charge is -2.56. The van der Waals surface area contributed by atoms with Gasteiger partial charge in [-0.25, -0.2) is 4.98 Å². The predicted molar refractivity (Wildman–Crippen MR) is 134 cm³/mol. The van der Waals surface area contributed by atoms with E-state index in [2.05, 4.69) is 39.3 Å². The first-order valence-corrected chi connectivity index (χ1v) is 13.5. The summed E-state index contributed by atoms with van der Waals surface area (Å²) >= 11 is 0. The first-order chi connectivity index (χ1) is 16.8. The van der Waals surface area contributed by atoms with E-state index in [0.29, 0.717) is 12.2 Å². The average Bonchev–Trinajstić information content (AvgIpc) is 2.86. The Morgan fingerprint density at radius 3 is 2.66 bits per heavy atom. The fourth-order valence-electron chi connectivity index (χ4n) is 7.03. The average molecular weight is 486 g/mol. The molecular weight excluding hydrogens is 442 g/mol. The van der Waals surface area contributed by atoms with E-state index < -0.39 is 6.10 Å². The highest BCUT2D eigenvalue weighted by Crippen LogP contribution is 2.55. The van der Waals surface area contributed by atoms with Crippen molar-refractivity contribution < 1.29 is 14.7 Å². The molecule has 2 heterocycles. The molecule has 0 aromatic carbocycles. The van der Waals surface area contributed by atoms with E-state index in [1.165, 1.54) is 31.7 Å². The number of fused-ring (bicyclic) bond motifs is 1. The van der Waals surface area contributed by atoms with E-state index in [0.717, 1.165) is 45.3 Å². The van der Waals surface area contributed by atoms with Crippen molar-refractivity contribution in [2.45, 2.75) is 77.9 Å². The minimum atomic E-state index is -0.567. The third-order valence-electron chi connectivity index (χ3n) is 9.23. The number of aromatic nitrogens is 2. The molecule has 0 spiro atoms. The summed E-state index contributed by atoms with van der Waals surface area (Å²) < 4.78 is 0. The van der Waals surface area contributed by atoms with Crippen LogP contribution in [-0.4, -0.2) is 70.1 Å². The first-order valence-electron chi connectivity index (χ1n) is 13.5. The highest BCUT2D eigenvalue weighted by molar-refractivity contribution is 5.92. The van der Waals surface area contributed by atoms with Crippen LogP contribution in [0, 0.1) is 29.1 Å². The Morgan fingerprint density at radius 2 is 1.94 bits per heavy atom. The summed E-state index contributed by atoms with van der Waals surface area (Å²) in [5.41, 5.74) is 0.332. The van der Waals surface area contributed by atoms with Crippen molar-refractivity contribution in [1.29, 1.82) is 0 Å². The van der Waals surface area contributed by atoms with Gasteiger partial charge in [0, 0.05) is 37.4 Å². The van der Waals surface area contributed by atoms with Crippen molar-refractivity contribution in [1.82, 2.24) is 25.5 Å². The molecule has 3 fully saturated rings. The molecule has 4 rings (SSSR count). The summed E-state index contributed by atoms with van der Waals surface area (Å²) in [6.45, 7) is 10.2. The lowest BCUT2D eigenvalue weighted by Crippen LogP contribution is -2.58. The quantitative estimate of drug-likeness (QED) is 0.548. The van der Waals surface area contributed by atoms with Crippen LogP contribution in [-0.2, 0) is 4.79 Å². The predicted octanol–water partition coefficient (Wildman–Crippen LogP) is 2.64. The Bertz CT molecular complexity index is 862. The van der Waals surface area contributed by atoms with Crippen LogP contribution in [0.25, 0.3) is 0 Å². The molecule has 2 saturated carbocycles. The maximum atomic E-state index is 13.0. The van der Waals surface area contributed by atoms with Crippen LogP contribution < -0.4 is 10.6 Å². The Hall–Kier alpha value is -2.06. The monoisotopic (exact) mass is 485 g/mol. The van der Waals surface area contributed by atoms with Crippen LogP contribution in [0.1, 0.15) is 76.2 Å². The molecule has 1 saturated heterocycles. The smallest absolute Gasteiger partial charge is 0.271 e. The number of amides is 2. The van der Waals surface area contributed by atoms with Gasteiger partial charge in [0.25, 0.3) is 5.91 Å². The molecule has 2 aliphatic carbocycles. The van der Waals surface area contributed by atoms with E-state index in [9.17, 15) is 14.7 Å². The Morgan fingerprint density at radius 1 is 1.20 bits per heavy atom. The standard InChI is InChI=1S/C27H43N5O3/c1-18(25(34)30-13-16-32-14-5-4-6-15-32)20-7-9-27(3)10-8-21(19(2)23(27)24(20)33)31-26(35)22-17-28-11-12-29-22/h11-12,17-21,23-24,33H,4-10,13-16H2,1-3H3,(H,30,34)(H,31,35)/t18-,19-,20+,21-,23+,24-,27+/m0/s1. The number of rotatable bonds is 7. The zero-order valence-corrected chi connectivity index (χ0v) is 21.6. The van der Waals surface area contributed by atoms with E-state index in [1.807, 2.05) is 6.92 Å². The topological polar surface area (TPSA) is 107 Å². The van der Waals surface area contributed by atoms with Gasteiger partial charge >= 0.3 is 0 Å². The van der Waals surface area contributed by atoms with Gasteiger partial charge in [0.15, 0.2) is 0 Å². The molecule has 3 N–H and O–H groups in total. The minimum Gasteiger partial charge on any atom is -0.392 e. The van der Waals surface area contributed by atoms with Crippen molar-refractivity contribution in [2.24, 2.45) is 29.1 Å². The van der Waals surface area contributed by atoms with E-state index in [-0.39, 0.29) is 46.9 Å². The summed E-state index contributed by atoms with van der Waals surface area (Å²) in [6, 6.07) is -0.0374. The van der Waals surface area contributed by atoms with Crippen LogP contribution >= 0.6 is 0 Å². The number of aliphatic hydroxyl groups excluding tert-OH is 1. The summed E-state index contributed by atoms with van der Waals surface area (Å²) in [5.74, 6) is -0.350. The number of hydrogen-bond donors (Lipinski definition) is 3. The van der Waals surface area contributed by atoms with E-state index in [4.69, 9.17) is 0 Å². The molecule has 0 bridgehead atoms. The second-order valence-corrected chi connectivity index (χ2v) is 11.4. The number of nitrogens with one attached hydrogen (secondary N) is 2. The molecule has 35 heavy (non-hydrogen) atoms. The maximum Gasteiger partial charge on any atom is 0.271 e. The molecule has 194 valence electrons. The van der Waals surface area contributed by atoms with E-state index in [1.54, 1.807) is 6.20 Å². The van der Waals surface area contributed by atoms with Crippen molar-refractivity contribution in [2.75, 3.05) is 26.2 Å². The maximum absolute atomic E-state index is 13.0. The van der Waals surface area contributed by atoms with Crippen LogP contribution in [0.4, 0.5) is 0 Å². The van der Waals surface area contributed by atoms with Gasteiger partial charge in [0.2, 0.25) is 5.91 Å². The SMILES string of the molecule is C[C@@H]1[C@@H]2[C@@H](O)[C@@H]([C@H](C)C(=O)NCCN3CCCCC3)CC[C@]2(C)CC[C@@H]1NC(=O)c1cnccn1. The van der Waals surface area contributed by atoms with Crippen molar-refractivity contribution in [3.8, 4) is 0 Å². The van der Waals surface area contributed by atoms with Crippen LogP contribution in [0.3, 0.4) is 0 Å². The molecule has 1 aliphatic heterocycles. The first kappa shape index (κ1) is 26.0. The Kier molecular flexibility index (Phi) is 8.42. The summed E-state index contributed by atoms with van der Waals surface area (Å²) in [7, 11) is 0. The zero-order valence-electron chi connectivity index (χ0n) is 21.6. The number of nitrogens with zero attached hydrogens (tertiary/aromatic N) is 3. The lowest BCUT2D eigenvalue weighted by atomic mass is 9.51. The number of aliphatic hydroxyl groups is 1. The van der Waals surface area contributed by atoms with Crippen molar-refractivity contribution >= 4 is 11.8 Å². The van der Waals surface area contributed by atoms with Crippen molar-refractivity contribution in [3.05, 3.63) is 24.3 Å². The summed E-state index contributed by atoms with van der Waals surface area (Å²) in [5, 5.41) is 17.9. The van der Waals surface area contributed by atoms with Crippen LogP contribution in [0.5, 0.6) is 0 Å². The normalized spacial score (nSPS) is 34.5. The molecule has 1 aromatic heterocycles. The van der Waals surface area contributed by atoms with Gasteiger partial charge in [-0.2, -0.15) is 0 Å². The third-order valence-corrected chi connectivity index (χ3v) is 9.23. The van der Waals surface area contributed by atoms with Gasteiger partial charge in [-0.1, -0.05) is 27.2 Å². The van der Waals surface area contributed by atoms with Gasteiger partial charge < -0.3 is 20.6 Å². The molecule has 2 amide bonds. The lowest BCUT2D eigenvalue weighted by molar-refractivity contribution is -0.142. The second kappa shape index (κ2) is 11.3. The molecule has 7 atom stereocenters. The molecule has 8 heteroatoms. The van der Waals surface area contributed by atoms with Gasteiger partial charge in [-0.15, -0.1) is 0 Å². The summed E-state index contributed by atoms with van der Waals surface area (Å²) in [6.07, 6.45) is 11.5. The number of carbonyl (C=O) groups excluding carboxylic acids is 2. The van der Waals surface area contributed by atoms with Crippen LogP contribution in [0.15, 0.2) is 18.6 Å². The van der Waals surface area contributed by atoms with Gasteiger partial charge in [-0.05, 0) is 74.8 Å². The highest BCUT2D eigenvalue weighted by Gasteiger charge is 2.53. The third kappa shape index (κ3) is 5.85. The van der Waals surface area contributed by atoms with Crippen molar-refractivity contribution in [3.63, 3.8) is 0 Å². The highest BCUT2D eigenvalue weighted by atomic mass is 16.3. The molecule has 0 unspecified atom stereocenters. The van der Waals surface area contributed by atoms with Gasteiger partial charge in [-0.3, -0.25) is 14.6 Å². The molecule has 0 radical (unpaired) electrons. The minimum absolute atomic E-state index is 0.0214. The second-order valence-electron chi connectivity index (χ2n) is 11.4. The largest absolute Gasteiger partial charge is 0.392 e. The number of piperidine rings is 1. The fourth-order valence-corrected chi connectivity index (χ4v) is 7.03. The van der Waals surface area contributed by atoms with Crippen LogP contribution in [0.2, 0.25) is 0 Å². The Balaban J connectivity index is 1.36. The number of likely N-dealkylation sites (tertiary alicyclic amines) is 1. The number of carbonyl (C=O) groups is 2. The molecule has 1 aromatic rings. The zero-order chi connectivity index (χ0) is 25.0. The molecule has 3 aliphatic rings. The fraction of sp³-hybridized carbons (Fsp3) is 0.778. The molecule has 8 nitrogen and oxygen atoms in total. The Labute approximate surface area is 209 Å². The van der Waals surface area contributed by atoms with Gasteiger partial charge in [0.1, 0.15) is 5.69 Å². The van der Waals surface area contributed by atoms with Gasteiger partial charge in [0.05, 0.1) is 12.3 Å². The molecular formula is C27H43N5O3. The number of hydrogen-bond acceptors (Lipinski definition) is 6. The summed E-state index contributed by atoms with van der Waals surface area (Å²) in [4.78, 5) is 36.3. The van der Waals surface area contributed by atoms with E-state index >= 15 is 0 Å².